The van der Waals surface area contributed by atoms with Crippen molar-refractivity contribution in [2.24, 2.45) is 0 Å². The monoisotopic (exact) mass is 301 g/mol. The molecule has 22 heavy (non-hydrogen) atoms. The third-order valence-corrected chi connectivity index (χ3v) is 3.35. The molecule has 0 aliphatic carbocycles. The minimum Gasteiger partial charge on any atom is -0.459 e. The molecule has 0 radical (unpaired) electrons. The van der Waals surface area contributed by atoms with Crippen LogP contribution in [0.1, 0.15) is 23.9 Å². The zero-order chi connectivity index (χ0) is 15.5. The van der Waals surface area contributed by atoms with Gasteiger partial charge in [0.05, 0.1) is 25.5 Å². The Morgan fingerprint density at radius 1 is 1.32 bits per heavy atom. The zero-order valence-electron chi connectivity index (χ0n) is 12.9. The van der Waals surface area contributed by atoms with Gasteiger partial charge in [-0.3, -0.25) is 4.68 Å². The Hall–Kier alpha value is -2.41. The minimum absolute atomic E-state index is 0.236. The topological polar surface area (TPSA) is 81.9 Å². The summed E-state index contributed by atoms with van der Waals surface area (Å²) in [6.07, 6.45) is 5.48. The Morgan fingerprint density at radius 2 is 2.18 bits per heavy atom. The second-order valence-electron chi connectivity index (χ2n) is 5.46. The van der Waals surface area contributed by atoms with Gasteiger partial charge in [-0.25, -0.2) is 0 Å². The van der Waals surface area contributed by atoms with Crippen molar-refractivity contribution in [3.05, 3.63) is 41.7 Å². The fraction of sp³-hybridized carbons (Fsp3) is 0.400. The van der Waals surface area contributed by atoms with Gasteiger partial charge in [-0.15, -0.1) is 10.2 Å². The summed E-state index contributed by atoms with van der Waals surface area (Å²) in [5.41, 5.74) is 2.13. The number of rotatable bonds is 6. The van der Waals surface area contributed by atoms with Crippen molar-refractivity contribution in [3.8, 4) is 11.7 Å². The second-order valence-corrected chi connectivity index (χ2v) is 5.46. The zero-order valence-corrected chi connectivity index (χ0v) is 12.9. The highest BCUT2D eigenvalue weighted by molar-refractivity contribution is 5.49. The molecule has 0 bridgehead atoms. The van der Waals surface area contributed by atoms with Gasteiger partial charge in [-0.2, -0.15) is 5.10 Å². The van der Waals surface area contributed by atoms with Crippen molar-refractivity contribution < 1.29 is 8.83 Å². The van der Waals surface area contributed by atoms with Crippen LogP contribution in [0.3, 0.4) is 0 Å². The summed E-state index contributed by atoms with van der Waals surface area (Å²) in [6.45, 7) is 7.35. The molecule has 3 rings (SSSR count). The fourth-order valence-electron chi connectivity index (χ4n) is 2.18. The van der Waals surface area contributed by atoms with Gasteiger partial charge >= 0.3 is 0 Å². The summed E-state index contributed by atoms with van der Waals surface area (Å²) in [5, 5.41) is 15.7. The molecule has 0 fully saturated rings. The molecule has 3 aromatic rings. The van der Waals surface area contributed by atoms with Gasteiger partial charge in [0.1, 0.15) is 0 Å². The van der Waals surface area contributed by atoms with E-state index in [1.807, 2.05) is 37.0 Å². The van der Waals surface area contributed by atoms with E-state index in [9.17, 15) is 0 Å². The first-order valence-corrected chi connectivity index (χ1v) is 7.21. The van der Waals surface area contributed by atoms with Crippen LogP contribution >= 0.6 is 0 Å². The Kier molecular flexibility index (Phi) is 4.06. The number of aryl methyl sites for hydroxylation is 2. The highest BCUT2D eigenvalue weighted by Crippen LogP contribution is 2.22. The van der Waals surface area contributed by atoms with Gasteiger partial charge in [0, 0.05) is 17.8 Å². The molecule has 0 aliphatic rings. The lowest BCUT2D eigenvalue weighted by molar-refractivity contribution is 0.407. The summed E-state index contributed by atoms with van der Waals surface area (Å²) in [4.78, 5) is 0. The van der Waals surface area contributed by atoms with Crippen LogP contribution in [-0.4, -0.2) is 26.0 Å². The van der Waals surface area contributed by atoms with E-state index in [1.54, 1.807) is 6.26 Å². The van der Waals surface area contributed by atoms with Crippen LogP contribution in [0.25, 0.3) is 11.7 Å². The third kappa shape index (κ3) is 3.25. The molecule has 1 N–H and O–H groups in total. The maximum Gasteiger partial charge on any atom is 0.283 e. The number of nitrogens with one attached hydrogen (secondary N) is 1. The van der Waals surface area contributed by atoms with Crippen LogP contribution in [0.5, 0.6) is 0 Å². The van der Waals surface area contributed by atoms with Gasteiger partial charge < -0.3 is 14.2 Å². The number of furan rings is 1. The molecule has 0 amide bonds. The standard InChI is InChI=1S/C15H19N5O2/c1-10-6-17-20(8-10)9-12(3)16-7-13-18-19-15(22-13)14-11(2)4-5-21-14/h4-6,8,12,16H,7,9H2,1-3H3. The minimum atomic E-state index is 0.236. The molecule has 0 saturated carbocycles. The molecular formula is C15H19N5O2. The Morgan fingerprint density at radius 3 is 2.86 bits per heavy atom. The highest BCUT2D eigenvalue weighted by atomic mass is 16.4. The first-order valence-electron chi connectivity index (χ1n) is 7.21. The number of nitrogens with zero attached hydrogens (tertiary/aromatic N) is 4. The largest absolute Gasteiger partial charge is 0.459 e. The number of hydrogen-bond acceptors (Lipinski definition) is 6. The average molecular weight is 301 g/mol. The van der Waals surface area contributed by atoms with Crippen molar-refractivity contribution in [2.75, 3.05) is 0 Å². The lowest BCUT2D eigenvalue weighted by Crippen LogP contribution is -2.30. The Labute approximate surface area is 128 Å². The van der Waals surface area contributed by atoms with Gasteiger partial charge in [0.15, 0.2) is 5.76 Å². The van der Waals surface area contributed by atoms with Gasteiger partial charge in [-0.05, 0) is 32.4 Å². The van der Waals surface area contributed by atoms with E-state index in [4.69, 9.17) is 8.83 Å². The Balaban J connectivity index is 1.55. The van der Waals surface area contributed by atoms with E-state index in [0.29, 0.717) is 24.1 Å². The quantitative estimate of drug-likeness (QED) is 0.752. The van der Waals surface area contributed by atoms with Crippen LogP contribution in [0, 0.1) is 13.8 Å². The summed E-state index contributed by atoms with van der Waals surface area (Å²) in [5.74, 6) is 1.57. The van der Waals surface area contributed by atoms with Crippen molar-refractivity contribution in [1.82, 2.24) is 25.3 Å². The van der Waals surface area contributed by atoms with E-state index < -0.39 is 0 Å². The maximum absolute atomic E-state index is 5.61. The molecule has 1 unspecified atom stereocenters. The van der Waals surface area contributed by atoms with Crippen LogP contribution in [-0.2, 0) is 13.1 Å². The van der Waals surface area contributed by atoms with E-state index in [0.717, 1.165) is 17.7 Å². The van der Waals surface area contributed by atoms with E-state index in [-0.39, 0.29) is 6.04 Å². The highest BCUT2D eigenvalue weighted by Gasteiger charge is 2.14. The van der Waals surface area contributed by atoms with Crippen LogP contribution < -0.4 is 5.32 Å². The lowest BCUT2D eigenvalue weighted by atomic mass is 10.3. The first kappa shape index (κ1) is 14.5. The Bertz CT molecular complexity index is 743. The predicted molar refractivity (Wildman–Crippen MR) is 80.0 cm³/mol. The first-order chi connectivity index (χ1) is 10.6. The molecule has 0 aliphatic heterocycles. The molecule has 7 heteroatoms. The molecule has 3 heterocycles. The van der Waals surface area contributed by atoms with E-state index in [1.165, 1.54) is 0 Å². The molecule has 3 aromatic heterocycles. The summed E-state index contributed by atoms with van der Waals surface area (Å²) < 4.78 is 12.9. The maximum atomic E-state index is 5.61. The van der Waals surface area contributed by atoms with E-state index >= 15 is 0 Å². The third-order valence-electron chi connectivity index (χ3n) is 3.35. The van der Waals surface area contributed by atoms with E-state index in [2.05, 4.69) is 27.5 Å². The fourth-order valence-corrected chi connectivity index (χ4v) is 2.18. The summed E-state index contributed by atoms with van der Waals surface area (Å²) >= 11 is 0. The normalized spacial score (nSPS) is 12.7. The van der Waals surface area contributed by atoms with Gasteiger partial charge in [-0.1, -0.05) is 0 Å². The number of hydrogen-bond donors (Lipinski definition) is 1. The van der Waals surface area contributed by atoms with Crippen molar-refractivity contribution in [3.63, 3.8) is 0 Å². The van der Waals surface area contributed by atoms with Gasteiger partial charge in [0.2, 0.25) is 5.89 Å². The molecule has 116 valence electrons. The smallest absolute Gasteiger partial charge is 0.283 e. The molecular weight excluding hydrogens is 282 g/mol. The van der Waals surface area contributed by atoms with Crippen LogP contribution in [0.2, 0.25) is 0 Å². The summed E-state index contributed by atoms with van der Waals surface area (Å²) in [6, 6.07) is 2.10. The predicted octanol–water partition coefficient (Wildman–Crippen LogP) is 2.32. The van der Waals surface area contributed by atoms with Crippen molar-refractivity contribution >= 4 is 0 Å². The molecule has 0 aromatic carbocycles. The second kappa shape index (κ2) is 6.15. The molecule has 0 saturated heterocycles. The van der Waals surface area contributed by atoms with Crippen LogP contribution in [0.4, 0.5) is 0 Å². The molecule has 1 atom stereocenters. The number of aromatic nitrogens is 4. The lowest BCUT2D eigenvalue weighted by Gasteiger charge is -2.12. The van der Waals surface area contributed by atoms with Crippen molar-refractivity contribution in [1.29, 1.82) is 0 Å². The van der Waals surface area contributed by atoms with Crippen LogP contribution in [0.15, 0.2) is 33.6 Å². The van der Waals surface area contributed by atoms with Gasteiger partial charge in [0.25, 0.3) is 5.89 Å². The molecule has 0 spiro atoms. The summed E-state index contributed by atoms with van der Waals surface area (Å²) in [7, 11) is 0. The average Bonchev–Trinajstić information content (AvgIpc) is 3.18. The molecule has 7 nitrogen and oxygen atoms in total. The van der Waals surface area contributed by atoms with Crippen molar-refractivity contribution in [2.45, 2.75) is 39.9 Å². The SMILES string of the molecule is Cc1cnn(CC(C)NCc2nnc(-c3occc3C)o2)c1.